The van der Waals surface area contributed by atoms with Crippen molar-refractivity contribution >= 4 is 45.7 Å². The van der Waals surface area contributed by atoms with Gasteiger partial charge in [-0.3, -0.25) is 18.2 Å². The minimum atomic E-state index is -2.82. The first-order chi connectivity index (χ1) is 12.8. The number of amides is 1. The quantitative estimate of drug-likeness (QED) is 0.591. The molecule has 144 valence electrons. The molecular formula is C20H23ClN2O3S. The van der Waals surface area contributed by atoms with Crippen LogP contribution in [0.2, 0.25) is 5.02 Å². The van der Waals surface area contributed by atoms with Crippen LogP contribution < -0.4 is 9.62 Å². The fourth-order valence-electron chi connectivity index (χ4n) is 3.04. The number of allylic oxidation sites excluding steroid dienone is 1. The summed E-state index contributed by atoms with van der Waals surface area (Å²) in [6.07, 6.45) is 2.73. The summed E-state index contributed by atoms with van der Waals surface area (Å²) in [5, 5.41) is 3.17. The van der Waals surface area contributed by atoms with Crippen molar-refractivity contribution in [2.45, 2.75) is 20.3 Å². The summed E-state index contributed by atoms with van der Waals surface area (Å²) in [6, 6.07) is 12.5. The second-order valence-electron chi connectivity index (χ2n) is 6.76. The Morgan fingerprint density at radius 2 is 2.00 bits per heavy atom. The summed E-state index contributed by atoms with van der Waals surface area (Å²) in [5.74, 6) is 0.000724. The third-order valence-corrected chi connectivity index (χ3v) is 6.48. The minimum Gasteiger partial charge on any atom is -0.322 e. The zero-order chi connectivity index (χ0) is 19.6. The van der Waals surface area contributed by atoms with Crippen LogP contribution in [0.1, 0.15) is 36.2 Å². The average molecular weight is 407 g/mol. The van der Waals surface area contributed by atoms with E-state index in [-0.39, 0.29) is 5.91 Å². The Morgan fingerprint density at radius 3 is 2.67 bits per heavy atom. The van der Waals surface area contributed by atoms with Gasteiger partial charge in [-0.2, -0.15) is 0 Å². The molecule has 0 atom stereocenters. The molecule has 2 aromatic carbocycles. The Morgan fingerprint density at radius 1 is 1.22 bits per heavy atom. The van der Waals surface area contributed by atoms with Gasteiger partial charge in [0.15, 0.2) is 0 Å². The Balaban J connectivity index is 1.85. The molecule has 3 N–H and O–H groups in total. The van der Waals surface area contributed by atoms with Gasteiger partial charge in [0.05, 0.1) is 22.0 Å². The number of halogens is 1. The van der Waals surface area contributed by atoms with Crippen LogP contribution in [0.25, 0.3) is 6.08 Å². The molecule has 5 nitrogen and oxygen atoms in total. The molecule has 1 aliphatic heterocycles. The maximum Gasteiger partial charge on any atom is 0.257 e. The van der Waals surface area contributed by atoms with Gasteiger partial charge in [-0.25, -0.2) is 0 Å². The Labute approximate surface area is 166 Å². The molecule has 1 saturated heterocycles. The van der Waals surface area contributed by atoms with E-state index >= 15 is 0 Å². The molecule has 1 amide bonds. The van der Waals surface area contributed by atoms with Gasteiger partial charge in [-0.1, -0.05) is 35.4 Å². The molecule has 1 heterocycles. The third kappa shape index (κ3) is 4.65. The Kier molecular flexibility index (Phi) is 5.81. The minimum absolute atomic E-state index is 0.295. The smallest absolute Gasteiger partial charge is 0.257 e. The topological polar surface area (TPSA) is 72.8 Å². The number of carbonyl (C=O) groups is 1. The van der Waals surface area contributed by atoms with Crippen LogP contribution in [0.4, 0.5) is 11.4 Å². The van der Waals surface area contributed by atoms with E-state index in [0.717, 1.165) is 5.56 Å². The zero-order valence-electron chi connectivity index (χ0n) is 15.3. The standard InChI is InChI=1S/C20H23ClN2O3S/c1-14(2)11-15-5-3-6-16(12-15)22-20(24)18-13-17(7-8-19(18)21)23-9-4-10-27(23,25)26/h3,5-8,11-13,25-26H,4,9-10H2,1-2H3,(H,22,24). The fourth-order valence-corrected chi connectivity index (χ4v) is 4.85. The molecule has 0 aliphatic carbocycles. The number of nitrogens with zero attached hydrogens (tertiary/aromatic N) is 1. The zero-order valence-corrected chi connectivity index (χ0v) is 16.8. The summed E-state index contributed by atoms with van der Waals surface area (Å²) in [5.41, 5.74) is 3.71. The molecule has 0 radical (unpaired) electrons. The van der Waals surface area contributed by atoms with Crippen LogP contribution in [-0.2, 0) is 0 Å². The number of rotatable bonds is 4. The molecule has 0 bridgehead atoms. The lowest BCUT2D eigenvalue weighted by molar-refractivity contribution is 0.102. The van der Waals surface area contributed by atoms with Gasteiger partial charge < -0.3 is 5.32 Å². The van der Waals surface area contributed by atoms with E-state index in [1.165, 1.54) is 5.57 Å². The molecule has 27 heavy (non-hydrogen) atoms. The Hall–Kier alpha value is -1.99. The van der Waals surface area contributed by atoms with Crippen LogP contribution >= 0.6 is 22.4 Å². The van der Waals surface area contributed by atoms with Gasteiger partial charge in [-0.05, 0) is 56.2 Å². The normalized spacial score (nSPS) is 16.7. The lowest BCUT2D eigenvalue weighted by Gasteiger charge is -2.38. The molecule has 1 aliphatic rings. The van der Waals surface area contributed by atoms with Crippen molar-refractivity contribution in [1.29, 1.82) is 0 Å². The van der Waals surface area contributed by atoms with Crippen molar-refractivity contribution in [3.8, 4) is 0 Å². The second kappa shape index (κ2) is 7.94. The van der Waals surface area contributed by atoms with Crippen LogP contribution in [0.5, 0.6) is 0 Å². The van der Waals surface area contributed by atoms with Crippen LogP contribution in [0, 0.1) is 0 Å². The van der Waals surface area contributed by atoms with Gasteiger partial charge in [0.1, 0.15) is 0 Å². The lowest BCUT2D eigenvalue weighted by Crippen LogP contribution is -2.22. The number of anilines is 2. The van der Waals surface area contributed by atoms with Crippen LogP contribution in [0.3, 0.4) is 0 Å². The highest BCUT2D eigenvalue weighted by molar-refractivity contribution is 8.25. The highest BCUT2D eigenvalue weighted by Gasteiger charge is 2.29. The van der Waals surface area contributed by atoms with Gasteiger partial charge in [0.2, 0.25) is 0 Å². The van der Waals surface area contributed by atoms with E-state index in [1.54, 1.807) is 22.5 Å². The Bertz CT molecular complexity index is 895. The van der Waals surface area contributed by atoms with Crippen LogP contribution in [0.15, 0.2) is 48.0 Å². The van der Waals surface area contributed by atoms with E-state index in [9.17, 15) is 13.9 Å². The van der Waals surface area contributed by atoms with Gasteiger partial charge >= 0.3 is 0 Å². The predicted octanol–water partition coefficient (Wildman–Crippen LogP) is 5.89. The SMILES string of the molecule is CC(C)=Cc1cccc(NC(=O)c2cc(N3CCCS3(O)O)ccc2Cl)c1. The van der Waals surface area contributed by atoms with E-state index in [1.807, 2.05) is 44.2 Å². The van der Waals surface area contributed by atoms with Crippen LogP contribution in [-0.4, -0.2) is 27.3 Å². The van der Waals surface area contributed by atoms with E-state index in [0.29, 0.717) is 40.7 Å². The fraction of sp³-hybridized carbons (Fsp3) is 0.250. The number of hydrogen-bond acceptors (Lipinski definition) is 4. The van der Waals surface area contributed by atoms with Crippen molar-refractivity contribution in [3.63, 3.8) is 0 Å². The predicted molar refractivity (Wildman–Crippen MR) is 115 cm³/mol. The molecular weight excluding hydrogens is 384 g/mol. The van der Waals surface area contributed by atoms with Gasteiger partial charge in [0, 0.05) is 12.2 Å². The van der Waals surface area contributed by atoms with Crippen molar-refractivity contribution < 1.29 is 13.9 Å². The number of hydrogen-bond donors (Lipinski definition) is 3. The highest BCUT2D eigenvalue weighted by atomic mass is 35.5. The molecule has 0 saturated carbocycles. The van der Waals surface area contributed by atoms with E-state index < -0.39 is 10.8 Å². The largest absolute Gasteiger partial charge is 0.322 e. The van der Waals surface area contributed by atoms with Crippen molar-refractivity contribution in [3.05, 3.63) is 64.2 Å². The summed E-state index contributed by atoms with van der Waals surface area (Å²) in [4.78, 5) is 12.7. The molecule has 1 fully saturated rings. The second-order valence-corrected chi connectivity index (χ2v) is 9.28. The monoisotopic (exact) mass is 406 g/mol. The molecule has 0 unspecified atom stereocenters. The van der Waals surface area contributed by atoms with Crippen molar-refractivity contribution in [1.82, 2.24) is 0 Å². The van der Waals surface area contributed by atoms with E-state index in [2.05, 4.69) is 5.32 Å². The lowest BCUT2D eigenvalue weighted by atomic mass is 10.1. The van der Waals surface area contributed by atoms with E-state index in [4.69, 9.17) is 11.6 Å². The molecule has 2 aromatic rings. The molecule has 7 heteroatoms. The number of benzene rings is 2. The molecule has 0 spiro atoms. The summed E-state index contributed by atoms with van der Waals surface area (Å²) in [7, 11) is -2.82. The maximum absolute atomic E-state index is 12.7. The molecule has 0 aromatic heterocycles. The summed E-state index contributed by atoms with van der Waals surface area (Å²) >= 11 is 6.23. The highest BCUT2D eigenvalue weighted by Crippen LogP contribution is 2.51. The molecule has 3 rings (SSSR count). The van der Waals surface area contributed by atoms with Gasteiger partial charge in [-0.15, -0.1) is 10.8 Å². The first kappa shape index (κ1) is 19.8. The average Bonchev–Trinajstić information content (AvgIpc) is 2.94. The summed E-state index contributed by atoms with van der Waals surface area (Å²) < 4.78 is 21.9. The first-order valence-electron chi connectivity index (χ1n) is 8.66. The van der Waals surface area contributed by atoms with Crippen molar-refractivity contribution in [2.24, 2.45) is 0 Å². The summed E-state index contributed by atoms with van der Waals surface area (Å²) in [6.45, 7) is 4.56. The number of carbonyl (C=O) groups excluding carboxylic acids is 1. The van der Waals surface area contributed by atoms with Crippen molar-refractivity contribution in [2.75, 3.05) is 21.9 Å². The maximum atomic E-state index is 12.7. The first-order valence-corrected chi connectivity index (χ1v) is 10.7. The van der Waals surface area contributed by atoms with Gasteiger partial charge in [0.25, 0.3) is 5.91 Å². The number of nitrogens with one attached hydrogen (secondary N) is 1. The third-order valence-electron chi connectivity index (χ3n) is 4.21.